The van der Waals surface area contributed by atoms with Crippen molar-refractivity contribution in [3.05, 3.63) is 29.8 Å². The molecule has 3 unspecified atom stereocenters. The second kappa shape index (κ2) is 5.74. The highest BCUT2D eigenvalue weighted by molar-refractivity contribution is 5.33. The van der Waals surface area contributed by atoms with Gasteiger partial charge in [-0.15, -0.1) is 0 Å². The van der Waals surface area contributed by atoms with Crippen LogP contribution in [0.25, 0.3) is 0 Å². The van der Waals surface area contributed by atoms with Crippen LogP contribution in [-0.4, -0.2) is 18.8 Å². The van der Waals surface area contributed by atoms with Gasteiger partial charge in [0.2, 0.25) is 0 Å². The molecular weight excluding hydrogens is 250 g/mol. The van der Waals surface area contributed by atoms with Crippen LogP contribution in [0.4, 0.5) is 0 Å². The van der Waals surface area contributed by atoms with Crippen molar-refractivity contribution in [3.63, 3.8) is 0 Å². The molecule has 3 N–H and O–H groups in total. The molecule has 0 saturated heterocycles. The van der Waals surface area contributed by atoms with Crippen molar-refractivity contribution in [2.45, 2.75) is 45.1 Å². The van der Waals surface area contributed by atoms with Crippen molar-refractivity contribution >= 4 is 0 Å². The number of benzene rings is 1. The highest BCUT2D eigenvalue weighted by atomic mass is 16.5. The van der Waals surface area contributed by atoms with Gasteiger partial charge in [0.15, 0.2) is 0 Å². The zero-order chi connectivity index (χ0) is 14.8. The lowest BCUT2D eigenvalue weighted by molar-refractivity contribution is -0.101. The molecule has 0 amide bonds. The molecule has 20 heavy (non-hydrogen) atoms. The highest BCUT2D eigenvalue weighted by Crippen LogP contribution is 2.51. The van der Waals surface area contributed by atoms with E-state index < -0.39 is 5.60 Å². The number of hydrogen-bond acceptors (Lipinski definition) is 3. The predicted molar refractivity (Wildman–Crippen MR) is 81.7 cm³/mol. The SMILES string of the molecule is COc1cccc(C(C)(O)C2(CN)CCCC(C)C2)c1. The molecular formula is C17H27NO2. The lowest BCUT2D eigenvalue weighted by atomic mass is 9.59. The molecule has 1 aliphatic rings. The standard InChI is InChI=1S/C17H27NO2/c1-13-6-5-9-17(11-13,12-18)16(2,19)14-7-4-8-15(10-14)20-3/h4,7-8,10,13,19H,5-6,9,11-12,18H2,1-3H3. The normalized spacial score (nSPS) is 29.8. The summed E-state index contributed by atoms with van der Waals surface area (Å²) in [6.07, 6.45) is 4.33. The molecule has 1 fully saturated rings. The lowest BCUT2D eigenvalue weighted by Crippen LogP contribution is -2.51. The molecule has 1 aromatic carbocycles. The quantitative estimate of drug-likeness (QED) is 0.889. The number of hydrogen-bond donors (Lipinski definition) is 2. The maximum Gasteiger partial charge on any atom is 0.119 e. The molecule has 0 radical (unpaired) electrons. The van der Waals surface area contributed by atoms with Crippen molar-refractivity contribution in [1.29, 1.82) is 0 Å². The maximum absolute atomic E-state index is 11.3. The van der Waals surface area contributed by atoms with Crippen LogP contribution in [0.1, 0.15) is 45.1 Å². The number of aliphatic hydroxyl groups is 1. The molecule has 0 aromatic heterocycles. The summed E-state index contributed by atoms with van der Waals surface area (Å²) >= 11 is 0. The molecule has 3 heteroatoms. The van der Waals surface area contributed by atoms with Gasteiger partial charge in [-0.2, -0.15) is 0 Å². The second-order valence-electron chi connectivity index (χ2n) is 6.49. The van der Waals surface area contributed by atoms with Crippen LogP contribution in [0, 0.1) is 11.3 Å². The highest BCUT2D eigenvalue weighted by Gasteiger charge is 2.49. The number of ether oxygens (including phenoxy) is 1. The smallest absolute Gasteiger partial charge is 0.119 e. The van der Waals surface area contributed by atoms with E-state index in [1.165, 1.54) is 6.42 Å². The van der Waals surface area contributed by atoms with E-state index in [0.29, 0.717) is 12.5 Å². The van der Waals surface area contributed by atoms with Crippen LogP contribution in [0.3, 0.4) is 0 Å². The minimum Gasteiger partial charge on any atom is -0.497 e. The average Bonchev–Trinajstić information content (AvgIpc) is 2.47. The molecule has 0 spiro atoms. The Labute approximate surface area is 122 Å². The summed E-state index contributed by atoms with van der Waals surface area (Å²) in [6.45, 7) is 4.68. The van der Waals surface area contributed by atoms with E-state index in [9.17, 15) is 5.11 Å². The van der Waals surface area contributed by atoms with E-state index in [1.807, 2.05) is 31.2 Å². The van der Waals surface area contributed by atoms with Gasteiger partial charge in [-0.1, -0.05) is 31.9 Å². The van der Waals surface area contributed by atoms with E-state index in [0.717, 1.165) is 30.6 Å². The molecule has 3 atom stereocenters. The van der Waals surface area contributed by atoms with Gasteiger partial charge in [-0.25, -0.2) is 0 Å². The fourth-order valence-electron chi connectivity index (χ4n) is 3.72. The van der Waals surface area contributed by atoms with Crippen molar-refractivity contribution in [2.75, 3.05) is 13.7 Å². The van der Waals surface area contributed by atoms with Gasteiger partial charge in [-0.05, 0) is 43.4 Å². The maximum atomic E-state index is 11.3. The fraction of sp³-hybridized carbons (Fsp3) is 0.647. The van der Waals surface area contributed by atoms with Crippen LogP contribution < -0.4 is 10.5 Å². The van der Waals surface area contributed by atoms with Crippen molar-refractivity contribution < 1.29 is 9.84 Å². The Morgan fingerprint density at radius 3 is 2.85 bits per heavy atom. The molecule has 1 saturated carbocycles. The first kappa shape index (κ1) is 15.3. The Morgan fingerprint density at radius 2 is 2.25 bits per heavy atom. The van der Waals surface area contributed by atoms with Crippen LogP contribution in [0.5, 0.6) is 5.75 Å². The van der Waals surface area contributed by atoms with E-state index in [1.54, 1.807) is 7.11 Å². The molecule has 1 aromatic rings. The first-order chi connectivity index (χ1) is 9.45. The number of methoxy groups -OCH3 is 1. The average molecular weight is 277 g/mol. The van der Waals surface area contributed by atoms with E-state index >= 15 is 0 Å². The third-order valence-corrected chi connectivity index (χ3v) is 5.15. The summed E-state index contributed by atoms with van der Waals surface area (Å²) in [5.41, 5.74) is 5.84. The molecule has 0 aliphatic heterocycles. The molecule has 3 nitrogen and oxygen atoms in total. The van der Waals surface area contributed by atoms with E-state index in [-0.39, 0.29) is 5.41 Å². The Balaban J connectivity index is 2.39. The van der Waals surface area contributed by atoms with Gasteiger partial charge >= 0.3 is 0 Å². The summed E-state index contributed by atoms with van der Waals surface area (Å²) < 4.78 is 5.28. The zero-order valence-electron chi connectivity index (χ0n) is 12.9. The van der Waals surface area contributed by atoms with Crippen LogP contribution >= 0.6 is 0 Å². The van der Waals surface area contributed by atoms with Gasteiger partial charge in [0, 0.05) is 12.0 Å². The van der Waals surface area contributed by atoms with Crippen LogP contribution in [-0.2, 0) is 5.60 Å². The summed E-state index contributed by atoms with van der Waals surface area (Å²) in [6, 6.07) is 7.73. The Bertz CT molecular complexity index is 458. The van der Waals surface area contributed by atoms with E-state index in [2.05, 4.69) is 6.92 Å². The van der Waals surface area contributed by atoms with Crippen LogP contribution in [0.15, 0.2) is 24.3 Å². The van der Waals surface area contributed by atoms with Gasteiger partial charge in [0.1, 0.15) is 5.75 Å². The van der Waals surface area contributed by atoms with Gasteiger partial charge in [0.05, 0.1) is 12.7 Å². The number of nitrogens with two attached hydrogens (primary N) is 1. The molecule has 0 bridgehead atoms. The van der Waals surface area contributed by atoms with Crippen molar-refractivity contribution in [3.8, 4) is 5.75 Å². The molecule has 112 valence electrons. The lowest BCUT2D eigenvalue weighted by Gasteiger charge is -2.49. The Hall–Kier alpha value is -1.06. The van der Waals surface area contributed by atoms with Gasteiger partial charge in [0.25, 0.3) is 0 Å². The van der Waals surface area contributed by atoms with Crippen molar-refractivity contribution in [2.24, 2.45) is 17.1 Å². The summed E-state index contributed by atoms with van der Waals surface area (Å²) in [4.78, 5) is 0. The molecule has 2 rings (SSSR count). The Morgan fingerprint density at radius 1 is 1.50 bits per heavy atom. The third kappa shape index (κ3) is 2.57. The van der Waals surface area contributed by atoms with Crippen LogP contribution in [0.2, 0.25) is 0 Å². The topological polar surface area (TPSA) is 55.5 Å². The fourth-order valence-corrected chi connectivity index (χ4v) is 3.72. The largest absolute Gasteiger partial charge is 0.497 e. The summed E-state index contributed by atoms with van der Waals surface area (Å²) in [5.74, 6) is 1.39. The second-order valence-corrected chi connectivity index (χ2v) is 6.49. The van der Waals surface area contributed by atoms with Gasteiger partial charge in [-0.3, -0.25) is 0 Å². The summed E-state index contributed by atoms with van der Waals surface area (Å²) in [5, 5.41) is 11.3. The number of rotatable bonds is 4. The van der Waals surface area contributed by atoms with E-state index in [4.69, 9.17) is 10.5 Å². The minimum absolute atomic E-state index is 0.239. The molecule has 1 aliphatic carbocycles. The zero-order valence-corrected chi connectivity index (χ0v) is 12.9. The first-order valence-corrected chi connectivity index (χ1v) is 7.52. The van der Waals surface area contributed by atoms with Crippen molar-refractivity contribution in [1.82, 2.24) is 0 Å². The summed E-state index contributed by atoms with van der Waals surface area (Å²) in [7, 11) is 1.65. The monoisotopic (exact) mass is 277 g/mol. The van der Waals surface area contributed by atoms with Gasteiger partial charge < -0.3 is 15.6 Å². The molecule has 0 heterocycles. The minimum atomic E-state index is -0.926. The predicted octanol–water partition coefficient (Wildman–Crippen LogP) is 3.06. The Kier molecular flexibility index (Phi) is 4.40. The first-order valence-electron chi connectivity index (χ1n) is 7.52. The third-order valence-electron chi connectivity index (χ3n) is 5.15.